The highest BCUT2D eigenvalue weighted by Gasteiger charge is 2.34. The van der Waals surface area contributed by atoms with Crippen molar-refractivity contribution in [2.45, 2.75) is 19.4 Å². The van der Waals surface area contributed by atoms with Crippen molar-refractivity contribution in [3.05, 3.63) is 28.5 Å². The maximum absolute atomic E-state index is 13.0. The summed E-state index contributed by atoms with van der Waals surface area (Å²) in [6.07, 6.45) is 1.05. The van der Waals surface area contributed by atoms with Crippen LogP contribution in [0.2, 0.25) is 0 Å². The highest BCUT2D eigenvalue weighted by atomic mass is 79.9. The molecule has 0 radical (unpaired) electrons. The van der Waals surface area contributed by atoms with Crippen LogP contribution in [0.1, 0.15) is 13.3 Å². The van der Waals surface area contributed by atoms with Gasteiger partial charge in [0.2, 0.25) is 0 Å². The minimum absolute atomic E-state index is 0.190. The fourth-order valence-electron chi connectivity index (χ4n) is 1.72. The lowest BCUT2D eigenvalue weighted by Crippen LogP contribution is -2.37. The van der Waals surface area contributed by atoms with Crippen molar-refractivity contribution in [3.8, 4) is 0 Å². The van der Waals surface area contributed by atoms with Gasteiger partial charge in [-0.25, -0.2) is 4.39 Å². The lowest BCUT2D eigenvalue weighted by atomic mass is 9.98. The van der Waals surface area contributed by atoms with E-state index in [1.807, 2.05) is 0 Å². The highest BCUT2D eigenvalue weighted by Crippen LogP contribution is 2.23. The second-order valence-electron chi connectivity index (χ2n) is 4.27. The molecular weight excluding hydrogens is 317 g/mol. The van der Waals surface area contributed by atoms with Gasteiger partial charge in [-0.2, -0.15) is 0 Å². The summed E-state index contributed by atoms with van der Waals surface area (Å²) in [5, 5.41) is 0. The summed E-state index contributed by atoms with van der Waals surface area (Å²) in [5.41, 5.74) is 0.451. The molecule has 1 aliphatic heterocycles. The molecule has 1 aromatic rings. The number of hydrogen-bond acceptors (Lipinski definition) is 4. The lowest BCUT2D eigenvalue weighted by molar-refractivity contribution is -0.159. The molecule has 4 nitrogen and oxygen atoms in total. The Hall–Kier alpha value is -1.56. The van der Waals surface area contributed by atoms with Gasteiger partial charge in [0.15, 0.2) is 11.7 Å². The molecule has 0 spiro atoms. The van der Waals surface area contributed by atoms with Crippen molar-refractivity contribution in [1.82, 2.24) is 0 Å². The topological polar surface area (TPSA) is 55.7 Å². The standard InChI is InChI=1S/C13H11BrFNO3/c1-7-4-12(17)9(13(18)19-7)6-16-8-2-3-11(15)10(14)5-8/h2-3,5-7,9H,4H2,1H3. The first kappa shape index (κ1) is 13.9. The van der Waals surface area contributed by atoms with Crippen molar-refractivity contribution < 1.29 is 18.7 Å². The minimum atomic E-state index is -0.972. The van der Waals surface area contributed by atoms with Crippen molar-refractivity contribution in [1.29, 1.82) is 0 Å². The maximum Gasteiger partial charge on any atom is 0.322 e. The smallest absolute Gasteiger partial charge is 0.322 e. The predicted molar refractivity (Wildman–Crippen MR) is 70.9 cm³/mol. The molecule has 0 bridgehead atoms. The second kappa shape index (κ2) is 5.61. The number of esters is 1. The SMILES string of the molecule is CC1CC(=O)C(C=Nc2ccc(F)c(Br)c2)C(=O)O1. The summed E-state index contributed by atoms with van der Waals surface area (Å²) in [4.78, 5) is 27.3. The van der Waals surface area contributed by atoms with E-state index in [9.17, 15) is 14.0 Å². The third kappa shape index (κ3) is 3.26. The molecule has 1 heterocycles. The Morgan fingerprint density at radius 3 is 2.84 bits per heavy atom. The van der Waals surface area contributed by atoms with Crippen LogP contribution in [-0.4, -0.2) is 24.1 Å². The van der Waals surface area contributed by atoms with Gasteiger partial charge < -0.3 is 4.74 Å². The molecule has 0 aromatic heterocycles. The Balaban J connectivity index is 2.15. The summed E-state index contributed by atoms with van der Waals surface area (Å²) in [5.74, 6) is -2.18. The quantitative estimate of drug-likeness (QED) is 0.477. The van der Waals surface area contributed by atoms with E-state index in [0.29, 0.717) is 5.69 Å². The van der Waals surface area contributed by atoms with Gasteiger partial charge in [-0.15, -0.1) is 0 Å². The first-order valence-electron chi connectivity index (χ1n) is 5.70. The van der Waals surface area contributed by atoms with Crippen molar-refractivity contribution >= 4 is 39.6 Å². The number of ketones is 1. The summed E-state index contributed by atoms with van der Waals surface area (Å²) in [6, 6.07) is 4.17. The van der Waals surface area contributed by atoms with E-state index >= 15 is 0 Å². The van der Waals surface area contributed by atoms with E-state index in [1.165, 1.54) is 24.4 Å². The Labute approximate surface area is 117 Å². The van der Waals surface area contributed by atoms with Gasteiger partial charge >= 0.3 is 5.97 Å². The van der Waals surface area contributed by atoms with Gasteiger partial charge in [0, 0.05) is 12.6 Å². The van der Waals surface area contributed by atoms with Crippen LogP contribution in [0.3, 0.4) is 0 Å². The number of aliphatic imine (C=N–C) groups is 1. The number of benzene rings is 1. The van der Waals surface area contributed by atoms with E-state index < -0.39 is 17.7 Å². The zero-order chi connectivity index (χ0) is 14.0. The first-order valence-corrected chi connectivity index (χ1v) is 6.49. The largest absolute Gasteiger partial charge is 0.461 e. The number of Topliss-reactive ketones (excluding diaryl/α,β-unsaturated/α-hetero) is 1. The molecule has 1 fully saturated rings. The highest BCUT2D eigenvalue weighted by molar-refractivity contribution is 9.10. The molecule has 0 N–H and O–H groups in total. The van der Waals surface area contributed by atoms with Gasteiger partial charge in [-0.1, -0.05) is 0 Å². The van der Waals surface area contributed by atoms with Crippen LogP contribution >= 0.6 is 15.9 Å². The molecule has 2 rings (SSSR count). The molecule has 0 aliphatic carbocycles. The number of cyclic esters (lactones) is 1. The van der Waals surface area contributed by atoms with Gasteiger partial charge in [-0.05, 0) is 41.1 Å². The van der Waals surface area contributed by atoms with E-state index in [-0.39, 0.29) is 22.8 Å². The molecular formula is C13H11BrFNO3. The number of halogens is 2. The fraction of sp³-hybridized carbons (Fsp3) is 0.308. The van der Waals surface area contributed by atoms with Crippen LogP contribution < -0.4 is 0 Å². The first-order chi connectivity index (χ1) is 8.97. The Bertz CT molecular complexity index is 541. The van der Waals surface area contributed by atoms with Crippen molar-refractivity contribution in [2.24, 2.45) is 10.9 Å². The van der Waals surface area contributed by atoms with Crippen LogP contribution in [0, 0.1) is 11.7 Å². The average Bonchev–Trinajstić information content (AvgIpc) is 2.32. The number of nitrogens with zero attached hydrogens (tertiary/aromatic N) is 1. The van der Waals surface area contributed by atoms with E-state index in [2.05, 4.69) is 20.9 Å². The molecule has 2 atom stereocenters. The third-order valence-corrected chi connectivity index (χ3v) is 3.29. The molecule has 1 aliphatic rings. The Kier molecular flexibility index (Phi) is 4.09. The summed E-state index contributed by atoms with van der Waals surface area (Å²) >= 11 is 3.04. The molecule has 2 unspecified atom stereocenters. The summed E-state index contributed by atoms with van der Waals surface area (Å²) in [7, 11) is 0. The summed E-state index contributed by atoms with van der Waals surface area (Å²) in [6.45, 7) is 1.67. The van der Waals surface area contributed by atoms with E-state index in [0.717, 1.165) is 0 Å². The van der Waals surface area contributed by atoms with Gasteiger partial charge in [0.25, 0.3) is 0 Å². The number of carbonyl (C=O) groups is 2. The molecule has 1 saturated heterocycles. The third-order valence-electron chi connectivity index (χ3n) is 2.68. The van der Waals surface area contributed by atoms with Crippen LogP contribution in [0.15, 0.2) is 27.7 Å². The Morgan fingerprint density at radius 2 is 2.21 bits per heavy atom. The molecule has 0 saturated carbocycles. The molecule has 19 heavy (non-hydrogen) atoms. The number of rotatable bonds is 2. The number of hydrogen-bond donors (Lipinski definition) is 0. The van der Waals surface area contributed by atoms with Crippen LogP contribution in [0.4, 0.5) is 10.1 Å². The zero-order valence-corrected chi connectivity index (χ0v) is 11.7. The maximum atomic E-state index is 13.0. The second-order valence-corrected chi connectivity index (χ2v) is 5.13. The van der Waals surface area contributed by atoms with Crippen LogP contribution in [0.25, 0.3) is 0 Å². The number of ether oxygens (including phenoxy) is 1. The van der Waals surface area contributed by atoms with Crippen LogP contribution in [0.5, 0.6) is 0 Å². The van der Waals surface area contributed by atoms with Gasteiger partial charge in [0.1, 0.15) is 11.9 Å². The molecule has 6 heteroatoms. The fourth-order valence-corrected chi connectivity index (χ4v) is 2.09. The Morgan fingerprint density at radius 1 is 1.47 bits per heavy atom. The van der Waals surface area contributed by atoms with E-state index in [4.69, 9.17) is 4.74 Å². The lowest BCUT2D eigenvalue weighted by Gasteiger charge is -2.22. The van der Waals surface area contributed by atoms with Crippen LogP contribution in [-0.2, 0) is 14.3 Å². The molecule has 0 amide bonds. The monoisotopic (exact) mass is 327 g/mol. The van der Waals surface area contributed by atoms with Crippen molar-refractivity contribution in [3.63, 3.8) is 0 Å². The van der Waals surface area contributed by atoms with Gasteiger partial charge in [-0.3, -0.25) is 14.6 Å². The zero-order valence-electron chi connectivity index (χ0n) is 10.1. The molecule has 100 valence electrons. The molecule has 1 aromatic carbocycles. The normalized spacial score (nSPS) is 23.7. The number of carbonyl (C=O) groups excluding carboxylic acids is 2. The minimum Gasteiger partial charge on any atom is -0.461 e. The van der Waals surface area contributed by atoms with Gasteiger partial charge in [0.05, 0.1) is 10.2 Å². The average molecular weight is 328 g/mol. The van der Waals surface area contributed by atoms with Crippen molar-refractivity contribution in [2.75, 3.05) is 0 Å². The van der Waals surface area contributed by atoms with E-state index in [1.54, 1.807) is 6.92 Å². The summed E-state index contributed by atoms with van der Waals surface area (Å²) < 4.78 is 18.3. The predicted octanol–water partition coefficient (Wildman–Crippen LogP) is 2.81.